The van der Waals surface area contributed by atoms with Crippen LogP contribution in [0.1, 0.15) is 30.9 Å². The molecule has 1 saturated heterocycles. The van der Waals surface area contributed by atoms with E-state index in [0.717, 1.165) is 53.4 Å². The molecule has 0 radical (unpaired) electrons. The Balaban J connectivity index is 1.66. The average Bonchev–Trinajstić information content (AvgIpc) is 2.71. The van der Waals surface area contributed by atoms with Gasteiger partial charge in [-0.1, -0.05) is 45.2 Å². The summed E-state index contributed by atoms with van der Waals surface area (Å²) in [4.78, 5) is 0. The summed E-state index contributed by atoms with van der Waals surface area (Å²) in [5.41, 5.74) is 1.91. The monoisotopic (exact) mass is 500 g/mol. The van der Waals surface area contributed by atoms with Crippen LogP contribution >= 0.6 is 39.1 Å². The fourth-order valence-electron chi connectivity index (χ4n) is 3.41. The molecule has 0 amide bonds. The van der Waals surface area contributed by atoms with E-state index in [9.17, 15) is 0 Å². The minimum Gasteiger partial charge on any atom is -0.490 e. The zero-order valence-corrected chi connectivity index (χ0v) is 19.7. The number of piperidine rings is 1. The van der Waals surface area contributed by atoms with E-state index >= 15 is 0 Å². The van der Waals surface area contributed by atoms with Gasteiger partial charge in [0, 0.05) is 26.6 Å². The molecule has 0 spiro atoms. The molecular weight excluding hydrogens is 475 g/mol. The predicted octanol–water partition coefficient (Wildman–Crippen LogP) is 5.82. The van der Waals surface area contributed by atoms with Crippen LogP contribution in [0.5, 0.6) is 11.5 Å². The maximum atomic E-state index is 6.26. The second-order valence-electron chi connectivity index (χ2n) is 7.14. The van der Waals surface area contributed by atoms with Crippen LogP contribution in [0.25, 0.3) is 0 Å². The molecule has 0 saturated carbocycles. The third-order valence-corrected chi connectivity index (χ3v) is 6.50. The number of benzene rings is 2. The van der Waals surface area contributed by atoms with E-state index in [0.29, 0.717) is 22.4 Å². The smallest absolute Gasteiger partial charge is 0.162 e. The van der Waals surface area contributed by atoms with Crippen LogP contribution < -0.4 is 20.1 Å². The van der Waals surface area contributed by atoms with Gasteiger partial charge < -0.3 is 20.1 Å². The molecule has 0 unspecified atom stereocenters. The molecule has 2 aromatic rings. The van der Waals surface area contributed by atoms with Crippen molar-refractivity contribution in [2.45, 2.75) is 32.9 Å². The number of ether oxygens (including phenoxy) is 2. The summed E-state index contributed by atoms with van der Waals surface area (Å²) < 4.78 is 12.8. The Hall–Kier alpha value is -0.980. The van der Waals surface area contributed by atoms with Crippen LogP contribution in [0, 0.1) is 5.92 Å². The van der Waals surface area contributed by atoms with Crippen molar-refractivity contribution < 1.29 is 9.47 Å². The average molecular weight is 502 g/mol. The van der Waals surface area contributed by atoms with Gasteiger partial charge in [0.05, 0.1) is 6.61 Å². The van der Waals surface area contributed by atoms with E-state index in [4.69, 9.17) is 32.7 Å². The summed E-state index contributed by atoms with van der Waals surface area (Å²) in [5, 5.41) is 8.17. The van der Waals surface area contributed by atoms with E-state index in [2.05, 4.69) is 26.6 Å². The number of rotatable bonds is 9. The molecule has 2 N–H and O–H groups in total. The van der Waals surface area contributed by atoms with Crippen LogP contribution in [0.3, 0.4) is 0 Å². The van der Waals surface area contributed by atoms with Gasteiger partial charge in [-0.05, 0) is 75.1 Å². The lowest BCUT2D eigenvalue weighted by Crippen LogP contribution is -2.33. The van der Waals surface area contributed by atoms with Crippen molar-refractivity contribution in [3.8, 4) is 11.5 Å². The molecule has 0 aromatic heterocycles. The molecule has 0 aliphatic carbocycles. The first-order chi connectivity index (χ1) is 14.1. The molecule has 2 aromatic carbocycles. The minimum absolute atomic E-state index is 0.276. The van der Waals surface area contributed by atoms with Crippen LogP contribution in [-0.4, -0.2) is 26.2 Å². The van der Waals surface area contributed by atoms with Crippen molar-refractivity contribution >= 4 is 39.1 Å². The summed E-state index contributed by atoms with van der Waals surface area (Å²) in [6.07, 6.45) is 2.46. The normalized spacial score (nSPS) is 14.8. The van der Waals surface area contributed by atoms with Gasteiger partial charge >= 0.3 is 0 Å². The fraction of sp³-hybridized carbons (Fsp3) is 0.455. The van der Waals surface area contributed by atoms with Gasteiger partial charge in [-0.3, -0.25) is 0 Å². The zero-order chi connectivity index (χ0) is 20.6. The third-order valence-electron chi connectivity index (χ3n) is 5.05. The molecular formula is C22H27BrCl2N2O2. The van der Waals surface area contributed by atoms with Crippen LogP contribution in [0.2, 0.25) is 10.0 Å². The number of hydrogen-bond acceptors (Lipinski definition) is 4. The maximum absolute atomic E-state index is 6.26. The maximum Gasteiger partial charge on any atom is 0.162 e. The molecule has 3 rings (SSSR count). The van der Waals surface area contributed by atoms with Gasteiger partial charge in [0.1, 0.15) is 6.61 Å². The fourth-order valence-corrected chi connectivity index (χ4v) is 4.38. The first-order valence-electron chi connectivity index (χ1n) is 10.0. The summed E-state index contributed by atoms with van der Waals surface area (Å²) in [5.74, 6) is 2.12. The van der Waals surface area contributed by atoms with E-state index in [-0.39, 0.29) is 6.61 Å². The van der Waals surface area contributed by atoms with Crippen molar-refractivity contribution in [1.82, 2.24) is 10.6 Å². The second-order valence-corrected chi connectivity index (χ2v) is 8.81. The SMILES string of the molecule is CCOc1cc(CNCC2CCNCC2)c(Br)cc1OCc1c(Cl)cccc1Cl. The van der Waals surface area contributed by atoms with Gasteiger partial charge in [0.2, 0.25) is 0 Å². The molecule has 1 aliphatic heterocycles. The summed E-state index contributed by atoms with van der Waals surface area (Å²) in [7, 11) is 0. The minimum atomic E-state index is 0.276. The number of hydrogen-bond donors (Lipinski definition) is 2. The van der Waals surface area contributed by atoms with Gasteiger partial charge in [0.15, 0.2) is 11.5 Å². The zero-order valence-electron chi connectivity index (χ0n) is 16.6. The quantitative estimate of drug-likeness (QED) is 0.454. The van der Waals surface area contributed by atoms with Crippen molar-refractivity contribution in [1.29, 1.82) is 0 Å². The van der Waals surface area contributed by atoms with Gasteiger partial charge in [-0.15, -0.1) is 0 Å². The Morgan fingerprint density at radius 1 is 1.10 bits per heavy atom. The van der Waals surface area contributed by atoms with E-state index < -0.39 is 0 Å². The lowest BCUT2D eigenvalue weighted by atomic mass is 9.98. The molecule has 4 nitrogen and oxygen atoms in total. The Morgan fingerprint density at radius 2 is 1.79 bits per heavy atom. The van der Waals surface area contributed by atoms with Crippen LogP contribution in [-0.2, 0) is 13.2 Å². The highest BCUT2D eigenvalue weighted by Crippen LogP contribution is 2.35. The molecule has 7 heteroatoms. The molecule has 0 bridgehead atoms. The molecule has 1 fully saturated rings. The first kappa shape index (κ1) is 22.7. The Morgan fingerprint density at radius 3 is 2.48 bits per heavy atom. The predicted molar refractivity (Wildman–Crippen MR) is 123 cm³/mol. The molecule has 1 heterocycles. The highest BCUT2D eigenvalue weighted by Gasteiger charge is 2.15. The van der Waals surface area contributed by atoms with Crippen molar-refractivity contribution in [2.75, 3.05) is 26.2 Å². The van der Waals surface area contributed by atoms with Gasteiger partial charge in [0.25, 0.3) is 0 Å². The summed E-state index contributed by atoms with van der Waals surface area (Å²) in [6, 6.07) is 9.43. The van der Waals surface area contributed by atoms with Gasteiger partial charge in [-0.2, -0.15) is 0 Å². The number of nitrogens with one attached hydrogen (secondary N) is 2. The van der Waals surface area contributed by atoms with E-state index in [1.807, 2.05) is 37.3 Å². The van der Waals surface area contributed by atoms with Crippen LogP contribution in [0.15, 0.2) is 34.8 Å². The van der Waals surface area contributed by atoms with E-state index in [1.54, 1.807) is 0 Å². The van der Waals surface area contributed by atoms with Gasteiger partial charge in [-0.25, -0.2) is 0 Å². The van der Waals surface area contributed by atoms with Crippen molar-refractivity contribution in [2.24, 2.45) is 5.92 Å². The second kappa shape index (κ2) is 11.4. The highest BCUT2D eigenvalue weighted by molar-refractivity contribution is 9.10. The molecule has 29 heavy (non-hydrogen) atoms. The highest BCUT2D eigenvalue weighted by atomic mass is 79.9. The van der Waals surface area contributed by atoms with E-state index in [1.165, 1.54) is 12.8 Å². The molecule has 0 atom stereocenters. The standard InChI is InChI=1S/C22H27BrCl2N2O2/c1-2-28-21-10-16(13-27-12-15-6-8-26-9-7-15)18(23)11-22(21)29-14-17-19(24)4-3-5-20(17)25/h3-5,10-11,15,26-27H,2,6-9,12-14H2,1H3. The third kappa shape index (κ3) is 6.50. The lowest BCUT2D eigenvalue weighted by molar-refractivity contribution is 0.269. The topological polar surface area (TPSA) is 42.5 Å². The largest absolute Gasteiger partial charge is 0.490 e. The van der Waals surface area contributed by atoms with Crippen molar-refractivity contribution in [3.63, 3.8) is 0 Å². The summed E-state index contributed by atoms with van der Waals surface area (Å²) in [6.45, 7) is 6.84. The molecule has 1 aliphatic rings. The Bertz CT molecular complexity index is 793. The Kier molecular flexibility index (Phi) is 8.94. The van der Waals surface area contributed by atoms with Crippen LogP contribution in [0.4, 0.5) is 0 Å². The molecule has 158 valence electrons. The van der Waals surface area contributed by atoms with Crippen molar-refractivity contribution in [3.05, 3.63) is 56.0 Å². The first-order valence-corrected chi connectivity index (χ1v) is 11.6. The summed E-state index contributed by atoms with van der Waals surface area (Å²) >= 11 is 16.2. The number of halogens is 3. The Labute approximate surface area is 191 Å². The lowest BCUT2D eigenvalue weighted by Gasteiger charge is -2.23.